The Bertz CT molecular complexity index is 488. The molecule has 1 aromatic heterocycles. The third-order valence-electron chi connectivity index (χ3n) is 3.67. The van der Waals surface area contributed by atoms with Crippen molar-refractivity contribution in [2.45, 2.75) is 69.4 Å². The van der Waals surface area contributed by atoms with Gasteiger partial charge in [0.15, 0.2) is 0 Å². The molecule has 19 heavy (non-hydrogen) atoms. The first-order valence-corrected chi connectivity index (χ1v) is 8.65. The Balaban J connectivity index is 2.02. The van der Waals surface area contributed by atoms with E-state index in [-0.39, 0.29) is 10.9 Å². The lowest BCUT2D eigenvalue weighted by molar-refractivity contribution is 0.426. The summed E-state index contributed by atoms with van der Waals surface area (Å²) in [5.74, 6) is 0. The molecule has 0 atom stereocenters. The molecule has 0 bridgehead atoms. The summed E-state index contributed by atoms with van der Waals surface area (Å²) in [6.45, 7) is 2.62. The van der Waals surface area contributed by atoms with Crippen molar-refractivity contribution < 1.29 is 8.42 Å². The summed E-state index contributed by atoms with van der Waals surface area (Å²) in [5, 5.41) is 4.03. The van der Waals surface area contributed by atoms with E-state index in [1.165, 1.54) is 25.5 Å². The minimum atomic E-state index is -3.41. The summed E-state index contributed by atoms with van der Waals surface area (Å²) in [6, 6.07) is 0.0790. The number of hydrogen-bond donors (Lipinski definition) is 1. The molecule has 0 unspecified atom stereocenters. The van der Waals surface area contributed by atoms with E-state index in [1.54, 1.807) is 10.9 Å². The van der Waals surface area contributed by atoms with Crippen LogP contribution in [-0.2, 0) is 16.6 Å². The Morgan fingerprint density at radius 1 is 1.26 bits per heavy atom. The Labute approximate surface area is 115 Å². The molecule has 1 aliphatic carbocycles. The van der Waals surface area contributed by atoms with E-state index in [2.05, 4.69) is 9.82 Å². The summed E-state index contributed by atoms with van der Waals surface area (Å²) in [6.07, 6.45) is 10.8. The Kier molecular flexibility index (Phi) is 4.99. The highest BCUT2D eigenvalue weighted by Gasteiger charge is 2.21. The van der Waals surface area contributed by atoms with E-state index in [9.17, 15) is 8.42 Å². The van der Waals surface area contributed by atoms with Crippen LogP contribution in [0.25, 0.3) is 0 Å². The van der Waals surface area contributed by atoms with Crippen LogP contribution in [0.1, 0.15) is 51.9 Å². The predicted molar refractivity (Wildman–Crippen MR) is 74.3 cm³/mol. The van der Waals surface area contributed by atoms with Gasteiger partial charge in [-0.05, 0) is 19.8 Å². The molecule has 108 valence electrons. The highest BCUT2D eigenvalue weighted by Crippen LogP contribution is 2.19. The largest absolute Gasteiger partial charge is 0.272 e. The van der Waals surface area contributed by atoms with Gasteiger partial charge in [0.1, 0.15) is 4.90 Å². The van der Waals surface area contributed by atoms with E-state index < -0.39 is 10.0 Å². The van der Waals surface area contributed by atoms with Crippen LogP contribution in [0, 0.1) is 0 Å². The smallest absolute Gasteiger partial charge is 0.243 e. The third kappa shape index (κ3) is 4.04. The van der Waals surface area contributed by atoms with Gasteiger partial charge in [0.25, 0.3) is 0 Å². The highest BCUT2D eigenvalue weighted by atomic mass is 32.2. The quantitative estimate of drug-likeness (QED) is 0.923. The molecule has 1 N–H and O–H groups in total. The second kappa shape index (κ2) is 6.52. The van der Waals surface area contributed by atoms with E-state index in [0.29, 0.717) is 6.54 Å². The zero-order valence-electron chi connectivity index (χ0n) is 11.5. The van der Waals surface area contributed by atoms with Crippen molar-refractivity contribution in [1.82, 2.24) is 14.5 Å². The molecule has 0 radical (unpaired) electrons. The molecule has 0 spiro atoms. The number of sulfonamides is 1. The van der Waals surface area contributed by atoms with Gasteiger partial charge >= 0.3 is 0 Å². The fourth-order valence-electron chi connectivity index (χ4n) is 2.52. The number of nitrogens with zero attached hydrogens (tertiary/aromatic N) is 2. The monoisotopic (exact) mass is 285 g/mol. The molecule has 0 saturated heterocycles. The Morgan fingerprint density at radius 2 is 1.89 bits per heavy atom. The van der Waals surface area contributed by atoms with Crippen molar-refractivity contribution in [3.05, 3.63) is 12.4 Å². The SMILES string of the molecule is CCn1cc(S(=O)(=O)NC2CCCCCCC2)cn1. The summed E-state index contributed by atoms with van der Waals surface area (Å²) in [5.41, 5.74) is 0. The first-order chi connectivity index (χ1) is 9.12. The topological polar surface area (TPSA) is 64.0 Å². The van der Waals surface area contributed by atoms with E-state index in [0.717, 1.165) is 25.7 Å². The molecule has 1 saturated carbocycles. The van der Waals surface area contributed by atoms with E-state index in [4.69, 9.17) is 0 Å². The number of hydrogen-bond acceptors (Lipinski definition) is 3. The van der Waals surface area contributed by atoms with Gasteiger partial charge in [-0.2, -0.15) is 5.10 Å². The second-order valence-corrected chi connectivity index (χ2v) is 6.91. The Hall–Kier alpha value is -0.880. The summed E-state index contributed by atoms with van der Waals surface area (Å²) < 4.78 is 29.0. The number of nitrogens with one attached hydrogen (secondary N) is 1. The van der Waals surface area contributed by atoms with Crippen LogP contribution in [0.3, 0.4) is 0 Å². The van der Waals surface area contributed by atoms with Crippen LogP contribution in [-0.4, -0.2) is 24.2 Å². The van der Waals surface area contributed by atoms with Crippen LogP contribution >= 0.6 is 0 Å². The molecular formula is C13H23N3O2S. The molecule has 0 aliphatic heterocycles. The van der Waals surface area contributed by atoms with Gasteiger partial charge in [-0.1, -0.05) is 32.1 Å². The van der Waals surface area contributed by atoms with Crippen LogP contribution in [0.4, 0.5) is 0 Å². The van der Waals surface area contributed by atoms with Gasteiger partial charge in [-0.15, -0.1) is 0 Å². The van der Waals surface area contributed by atoms with E-state index in [1.807, 2.05) is 6.92 Å². The summed E-state index contributed by atoms with van der Waals surface area (Å²) >= 11 is 0. The maximum atomic E-state index is 12.3. The number of aryl methyl sites for hydroxylation is 1. The fourth-order valence-corrected chi connectivity index (χ4v) is 3.77. The first-order valence-electron chi connectivity index (χ1n) is 7.16. The predicted octanol–water partition coefficient (Wildman–Crippen LogP) is 2.29. The number of rotatable bonds is 4. The third-order valence-corrected chi connectivity index (χ3v) is 5.15. The Morgan fingerprint density at radius 3 is 2.47 bits per heavy atom. The van der Waals surface area contributed by atoms with Crippen molar-refractivity contribution in [2.24, 2.45) is 0 Å². The van der Waals surface area contributed by atoms with Crippen LogP contribution in [0.2, 0.25) is 0 Å². The van der Waals surface area contributed by atoms with Gasteiger partial charge in [-0.3, -0.25) is 4.68 Å². The molecule has 0 aromatic carbocycles. The van der Waals surface area contributed by atoms with E-state index >= 15 is 0 Å². The lowest BCUT2D eigenvalue weighted by Crippen LogP contribution is -2.35. The zero-order valence-corrected chi connectivity index (χ0v) is 12.3. The van der Waals surface area contributed by atoms with Gasteiger partial charge in [0.05, 0.1) is 6.20 Å². The maximum absolute atomic E-state index is 12.3. The minimum absolute atomic E-state index is 0.0790. The molecule has 1 aromatic rings. The van der Waals surface area contributed by atoms with Gasteiger partial charge in [0.2, 0.25) is 10.0 Å². The molecule has 2 rings (SSSR count). The van der Waals surface area contributed by atoms with Crippen molar-refractivity contribution >= 4 is 10.0 Å². The highest BCUT2D eigenvalue weighted by molar-refractivity contribution is 7.89. The molecular weight excluding hydrogens is 262 g/mol. The number of aromatic nitrogens is 2. The lowest BCUT2D eigenvalue weighted by Gasteiger charge is -2.20. The first kappa shape index (κ1) is 14.5. The van der Waals surface area contributed by atoms with Crippen molar-refractivity contribution in [2.75, 3.05) is 0 Å². The molecule has 1 heterocycles. The second-order valence-electron chi connectivity index (χ2n) is 5.20. The zero-order chi connectivity index (χ0) is 13.7. The average molecular weight is 285 g/mol. The molecule has 5 nitrogen and oxygen atoms in total. The molecule has 6 heteroatoms. The fraction of sp³-hybridized carbons (Fsp3) is 0.769. The van der Waals surface area contributed by atoms with Crippen LogP contribution < -0.4 is 4.72 Å². The van der Waals surface area contributed by atoms with Crippen molar-refractivity contribution in [3.8, 4) is 0 Å². The average Bonchev–Trinajstić information content (AvgIpc) is 2.82. The standard InChI is InChI=1S/C13H23N3O2S/c1-2-16-11-13(10-14-16)19(17,18)15-12-8-6-4-3-5-7-9-12/h10-12,15H,2-9H2,1H3. The van der Waals surface area contributed by atoms with Gasteiger partial charge < -0.3 is 0 Å². The summed E-state index contributed by atoms with van der Waals surface area (Å²) in [7, 11) is -3.41. The van der Waals surface area contributed by atoms with Crippen LogP contribution in [0.15, 0.2) is 17.3 Å². The van der Waals surface area contributed by atoms with Crippen LogP contribution in [0.5, 0.6) is 0 Å². The molecule has 1 fully saturated rings. The molecule has 0 amide bonds. The lowest BCUT2D eigenvalue weighted by atomic mass is 9.97. The molecule has 1 aliphatic rings. The normalized spacial score (nSPS) is 19.0. The van der Waals surface area contributed by atoms with Crippen molar-refractivity contribution in [3.63, 3.8) is 0 Å². The minimum Gasteiger partial charge on any atom is -0.272 e. The maximum Gasteiger partial charge on any atom is 0.243 e. The van der Waals surface area contributed by atoms with Gasteiger partial charge in [0, 0.05) is 18.8 Å². The summed E-state index contributed by atoms with van der Waals surface area (Å²) in [4.78, 5) is 0.274. The van der Waals surface area contributed by atoms with Gasteiger partial charge in [-0.25, -0.2) is 13.1 Å². The van der Waals surface area contributed by atoms with Crippen molar-refractivity contribution in [1.29, 1.82) is 0 Å².